The van der Waals surface area contributed by atoms with E-state index in [1.165, 1.54) is 12.1 Å². The van der Waals surface area contributed by atoms with E-state index in [9.17, 15) is 18.0 Å². The Bertz CT molecular complexity index is 766. The minimum atomic E-state index is -4.51. The van der Waals surface area contributed by atoms with Crippen LogP contribution in [0.1, 0.15) is 35.8 Å². The van der Waals surface area contributed by atoms with Crippen LogP contribution in [0.25, 0.3) is 5.69 Å². The fourth-order valence-electron chi connectivity index (χ4n) is 3.26. The third kappa shape index (κ3) is 3.75. The zero-order valence-corrected chi connectivity index (χ0v) is 14.5. The fourth-order valence-corrected chi connectivity index (χ4v) is 3.26. The molecule has 0 bridgehead atoms. The summed E-state index contributed by atoms with van der Waals surface area (Å²) in [6.07, 6.45) is -1.71. The second-order valence-electron chi connectivity index (χ2n) is 6.32. The maximum absolute atomic E-state index is 13.1. The Kier molecular flexibility index (Phi) is 5.31. The SMILES string of the molecule is CCCN(C(=O)c1cccc(-n2nccc2C(F)(F)F)c1)C1CCNC1. The number of alkyl halides is 3. The molecule has 0 radical (unpaired) electrons. The molecule has 0 saturated carbocycles. The molecule has 2 heterocycles. The Balaban J connectivity index is 1.91. The van der Waals surface area contributed by atoms with Crippen molar-refractivity contribution < 1.29 is 18.0 Å². The summed E-state index contributed by atoms with van der Waals surface area (Å²) in [5, 5.41) is 7.02. The second-order valence-corrected chi connectivity index (χ2v) is 6.32. The van der Waals surface area contributed by atoms with Gasteiger partial charge in [-0.05, 0) is 43.7 Å². The zero-order chi connectivity index (χ0) is 18.7. The van der Waals surface area contributed by atoms with Crippen molar-refractivity contribution in [3.05, 3.63) is 47.8 Å². The van der Waals surface area contributed by atoms with Gasteiger partial charge >= 0.3 is 6.18 Å². The molecule has 1 atom stereocenters. The van der Waals surface area contributed by atoms with E-state index in [4.69, 9.17) is 0 Å². The molecule has 0 aliphatic carbocycles. The van der Waals surface area contributed by atoms with Gasteiger partial charge < -0.3 is 10.2 Å². The van der Waals surface area contributed by atoms with Crippen LogP contribution in [-0.4, -0.2) is 46.3 Å². The number of rotatable bonds is 5. The summed E-state index contributed by atoms with van der Waals surface area (Å²) in [4.78, 5) is 14.8. The van der Waals surface area contributed by atoms with Crippen molar-refractivity contribution in [3.63, 3.8) is 0 Å². The molecular weight excluding hydrogens is 345 g/mol. The van der Waals surface area contributed by atoms with Crippen LogP contribution < -0.4 is 5.32 Å². The number of hydrogen-bond acceptors (Lipinski definition) is 3. The van der Waals surface area contributed by atoms with E-state index in [-0.39, 0.29) is 17.6 Å². The van der Waals surface area contributed by atoms with Gasteiger partial charge in [-0.1, -0.05) is 13.0 Å². The van der Waals surface area contributed by atoms with Crippen molar-refractivity contribution in [1.82, 2.24) is 20.0 Å². The normalized spacial score (nSPS) is 17.5. The summed E-state index contributed by atoms with van der Waals surface area (Å²) in [6.45, 7) is 4.21. The summed E-state index contributed by atoms with van der Waals surface area (Å²) >= 11 is 0. The number of halogens is 3. The Hall–Kier alpha value is -2.35. The van der Waals surface area contributed by atoms with E-state index in [1.54, 1.807) is 12.1 Å². The fraction of sp³-hybridized carbons (Fsp3) is 0.444. The summed E-state index contributed by atoms with van der Waals surface area (Å²) in [7, 11) is 0. The summed E-state index contributed by atoms with van der Waals surface area (Å²) < 4.78 is 40.2. The number of carbonyl (C=O) groups is 1. The lowest BCUT2D eigenvalue weighted by molar-refractivity contribution is -0.142. The van der Waals surface area contributed by atoms with Gasteiger partial charge in [0.25, 0.3) is 5.91 Å². The first-order valence-corrected chi connectivity index (χ1v) is 8.65. The van der Waals surface area contributed by atoms with Crippen LogP contribution in [0.15, 0.2) is 36.5 Å². The van der Waals surface area contributed by atoms with Crippen molar-refractivity contribution in [2.75, 3.05) is 19.6 Å². The lowest BCUT2D eigenvalue weighted by atomic mass is 10.1. The van der Waals surface area contributed by atoms with Crippen molar-refractivity contribution in [1.29, 1.82) is 0 Å². The van der Waals surface area contributed by atoms with E-state index in [0.29, 0.717) is 12.1 Å². The minimum absolute atomic E-state index is 0.113. The van der Waals surface area contributed by atoms with Gasteiger partial charge in [0.2, 0.25) is 0 Å². The molecule has 1 N–H and O–H groups in total. The number of hydrogen-bond donors (Lipinski definition) is 1. The van der Waals surface area contributed by atoms with E-state index >= 15 is 0 Å². The molecule has 8 heteroatoms. The highest BCUT2D eigenvalue weighted by atomic mass is 19.4. The first-order chi connectivity index (χ1) is 12.4. The number of nitrogens with zero attached hydrogens (tertiary/aromatic N) is 3. The third-order valence-corrected chi connectivity index (χ3v) is 4.47. The largest absolute Gasteiger partial charge is 0.433 e. The van der Waals surface area contributed by atoms with Crippen LogP contribution in [-0.2, 0) is 6.18 Å². The van der Waals surface area contributed by atoms with Crippen LogP contribution in [0.4, 0.5) is 13.2 Å². The highest BCUT2D eigenvalue weighted by Gasteiger charge is 2.35. The number of benzene rings is 1. The minimum Gasteiger partial charge on any atom is -0.334 e. The lowest BCUT2D eigenvalue weighted by Crippen LogP contribution is -2.42. The quantitative estimate of drug-likeness (QED) is 0.885. The van der Waals surface area contributed by atoms with Crippen LogP contribution in [0, 0.1) is 0 Å². The predicted molar refractivity (Wildman–Crippen MR) is 91.2 cm³/mol. The zero-order valence-electron chi connectivity index (χ0n) is 14.5. The molecule has 1 aromatic heterocycles. The summed E-state index contributed by atoms with van der Waals surface area (Å²) in [5.41, 5.74) is -0.284. The summed E-state index contributed by atoms with van der Waals surface area (Å²) in [5.74, 6) is -0.164. The maximum atomic E-state index is 13.1. The van der Waals surface area contributed by atoms with Gasteiger partial charge in [-0.15, -0.1) is 0 Å². The molecule has 1 aliphatic rings. The molecule has 26 heavy (non-hydrogen) atoms. The Morgan fingerprint density at radius 2 is 2.19 bits per heavy atom. The predicted octanol–water partition coefficient (Wildman–Crippen LogP) is 3.11. The van der Waals surface area contributed by atoms with Crippen LogP contribution in [0.3, 0.4) is 0 Å². The van der Waals surface area contributed by atoms with Gasteiger partial charge in [-0.2, -0.15) is 18.3 Å². The Morgan fingerprint density at radius 1 is 1.38 bits per heavy atom. The molecule has 3 rings (SSSR count). The molecule has 140 valence electrons. The van der Waals surface area contributed by atoms with E-state index in [1.807, 2.05) is 11.8 Å². The van der Waals surface area contributed by atoms with Crippen LogP contribution >= 0.6 is 0 Å². The van der Waals surface area contributed by atoms with Crippen LogP contribution in [0.5, 0.6) is 0 Å². The number of aromatic nitrogens is 2. The van der Waals surface area contributed by atoms with E-state index < -0.39 is 11.9 Å². The Morgan fingerprint density at radius 3 is 2.85 bits per heavy atom. The third-order valence-electron chi connectivity index (χ3n) is 4.47. The van der Waals surface area contributed by atoms with E-state index in [0.717, 1.165) is 42.9 Å². The molecule has 1 aliphatic heterocycles. The summed E-state index contributed by atoms with van der Waals surface area (Å²) in [6, 6.07) is 7.23. The van der Waals surface area contributed by atoms with Gasteiger partial charge in [0.1, 0.15) is 5.69 Å². The van der Waals surface area contributed by atoms with E-state index in [2.05, 4.69) is 10.4 Å². The van der Waals surface area contributed by atoms with Gasteiger partial charge in [-0.3, -0.25) is 4.79 Å². The van der Waals surface area contributed by atoms with Gasteiger partial charge in [0.15, 0.2) is 0 Å². The first-order valence-electron chi connectivity index (χ1n) is 8.65. The Labute approximate surface area is 149 Å². The lowest BCUT2D eigenvalue weighted by Gasteiger charge is -2.28. The van der Waals surface area contributed by atoms with Gasteiger partial charge in [0.05, 0.1) is 11.9 Å². The molecule has 1 unspecified atom stereocenters. The number of carbonyl (C=O) groups excluding carboxylic acids is 1. The molecule has 5 nitrogen and oxygen atoms in total. The van der Waals surface area contributed by atoms with Crippen molar-refractivity contribution in [2.24, 2.45) is 0 Å². The monoisotopic (exact) mass is 366 g/mol. The number of nitrogens with one attached hydrogen (secondary N) is 1. The molecular formula is C18H21F3N4O. The number of amides is 1. The smallest absolute Gasteiger partial charge is 0.334 e. The molecule has 0 spiro atoms. The standard InChI is InChI=1S/C18H21F3N4O/c1-2-10-24(15-6-8-22-12-15)17(26)13-4-3-5-14(11-13)25-16(7-9-23-25)18(19,20)21/h3-5,7,9,11,15,22H,2,6,8,10,12H2,1H3. The maximum Gasteiger partial charge on any atom is 0.433 e. The molecule has 1 fully saturated rings. The van der Waals surface area contributed by atoms with Crippen molar-refractivity contribution in [3.8, 4) is 5.69 Å². The average molecular weight is 366 g/mol. The topological polar surface area (TPSA) is 50.2 Å². The molecule has 1 amide bonds. The van der Waals surface area contributed by atoms with Crippen molar-refractivity contribution >= 4 is 5.91 Å². The molecule has 2 aromatic rings. The average Bonchev–Trinajstić information content (AvgIpc) is 3.30. The van der Waals surface area contributed by atoms with Crippen molar-refractivity contribution in [2.45, 2.75) is 32.0 Å². The highest BCUT2D eigenvalue weighted by Crippen LogP contribution is 2.30. The second kappa shape index (κ2) is 7.49. The first kappa shape index (κ1) is 18.4. The van der Waals surface area contributed by atoms with Crippen LogP contribution in [0.2, 0.25) is 0 Å². The molecule has 1 aromatic carbocycles. The van der Waals surface area contributed by atoms with Gasteiger partial charge in [0, 0.05) is 24.7 Å². The highest BCUT2D eigenvalue weighted by molar-refractivity contribution is 5.95. The molecule has 1 saturated heterocycles. The van der Waals surface area contributed by atoms with Gasteiger partial charge in [-0.25, -0.2) is 4.68 Å².